The minimum atomic E-state index is -3.03. The van der Waals surface area contributed by atoms with Gasteiger partial charge in [0.15, 0.2) is 9.84 Å². The Morgan fingerprint density at radius 3 is 2.40 bits per heavy atom. The lowest BCUT2D eigenvalue weighted by atomic mass is 10.3. The van der Waals surface area contributed by atoms with Crippen LogP contribution in [-0.2, 0) is 9.84 Å². The summed E-state index contributed by atoms with van der Waals surface area (Å²) in [6.07, 6.45) is 2.66. The van der Waals surface area contributed by atoms with Crippen molar-refractivity contribution in [2.45, 2.75) is 6.92 Å². The Bertz CT molecular complexity index is 277. The summed E-state index contributed by atoms with van der Waals surface area (Å²) in [6, 6.07) is 0. The van der Waals surface area contributed by atoms with Gasteiger partial charge in [0.05, 0.1) is 5.41 Å². The van der Waals surface area contributed by atoms with E-state index in [1.165, 1.54) is 0 Å². The van der Waals surface area contributed by atoms with Gasteiger partial charge in [0, 0.05) is 6.26 Å². The molecule has 0 spiro atoms. The van der Waals surface area contributed by atoms with Crippen molar-refractivity contribution in [2.24, 2.45) is 0 Å². The zero-order valence-corrected chi connectivity index (χ0v) is 6.90. The van der Waals surface area contributed by atoms with Gasteiger partial charge in [-0.2, -0.15) is 0 Å². The van der Waals surface area contributed by atoms with Crippen molar-refractivity contribution in [1.82, 2.24) is 0 Å². The summed E-state index contributed by atoms with van der Waals surface area (Å²) in [5.74, 6) is 0. The van der Waals surface area contributed by atoms with Crippen molar-refractivity contribution in [3.05, 3.63) is 29.4 Å². The molecule has 0 amide bonds. The van der Waals surface area contributed by atoms with Crippen molar-refractivity contribution in [3.63, 3.8) is 0 Å². The lowest BCUT2D eigenvalue weighted by Gasteiger charge is -1.80. The number of hydrogen-bond donors (Lipinski definition) is 0. The normalized spacial score (nSPS) is 9.80. The Morgan fingerprint density at radius 2 is 2.10 bits per heavy atom. The fourth-order valence-corrected chi connectivity index (χ4v) is 0.659. The lowest BCUT2D eigenvalue weighted by Crippen LogP contribution is -1.86. The monoisotopic (exact) mass is 158 g/mol. The van der Waals surface area contributed by atoms with Crippen LogP contribution >= 0.6 is 0 Å². The first-order valence-corrected chi connectivity index (χ1v) is 4.67. The Hall–Kier alpha value is -0.790. The van der Waals surface area contributed by atoms with Crippen molar-refractivity contribution < 1.29 is 8.42 Å². The molecule has 0 saturated heterocycles. The van der Waals surface area contributed by atoms with Crippen LogP contribution in [0.1, 0.15) is 6.92 Å². The quantitative estimate of drug-likeness (QED) is 0.448. The lowest BCUT2D eigenvalue weighted by molar-refractivity contribution is 0.610. The molecular weight excluding hydrogens is 148 g/mol. The second-order valence-corrected chi connectivity index (χ2v) is 3.87. The van der Waals surface area contributed by atoms with Gasteiger partial charge in [-0.3, -0.25) is 0 Å². The minimum absolute atomic E-state index is 0.713. The van der Waals surface area contributed by atoms with Crippen LogP contribution in [0.25, 0.3) is 0 Å². The SMILES string of the molecule is C=CC(C)=C=CS(C)(=O)=O. The number of hydrogen-bond acceptors (Lipinski definition) is 2. The average molecular weight is 158 g/mol. The molecule has 0 N–H and O–H groups in total. The maximum Gasteiger partial charge on any atom is 0.175 e. The van der Waals surface area contributed by atoms with Crippen LogP contribution in [0.4, 0.5) is 0 Å². The number of sulfone groups is 1. The summed E-state index contributed by atoms with van der Waals surface area (Å²) in [5, 5.41) is 1.03. The topological polar surface area (TPSA) is 34.1 Å². The van der Waals surface area contributed by atoms with E-state index in [0.29, 0.717) is 5.57 Å². The molecule has 0 aromatic heterocycles. The van der Waals surface area contributed by atoms with E-state index in [9.17, 15) is 8.42 Å². The van der Waals surface area contributed by atoms with Crippen molar-refractivity contribution in [2.75, 3.05) is 6.26 Å². The molecule has 2 nitrogen and oxygen atoms in total. The average Bonchev–Trinajstić information content (AvgIpc) is 1.81. The van der Waals surface area contributed by atoms with Crippen molar-refractivity contribution in [1.29, 1.82) is 0 Å². The van der Waals surface area contributed by atoms with Gasteiger partial charge in [-0.1, -0.05) is 12.7 Å². The van der Waals surface area contributed by atoms with E-state index in [-0.39, 0.29) is 0 Å². The summed E-state index contributed by atoms with van der Waals surface area (Å²) in [6.45, 7) is 5.18. The molecule has 10 heavy (non-hydrogen) atoms. The van der Waals surface area contributed by atoms with Crippen LogP contribution < -0.4 is 0 Å². The fourth-order valence-electron chi connectivity index (χ4n) is 0.259. The molecule has 0 aliphatic carbocycles. The fraction of sp³-hybridized carbons (Fsp3) is 0.286. The van der Waals surface area contributed by atoms with E-state index in [0.717, 1.165) is 11.7 Å². The molecule has 0 fully saturated rings. The van der Waals surface area contributed by atoms with Crippen LogP contribution in [0.3, 0.4) is 0 Å². The second-order valence-electron chi connectivity index (χ2n) is 1.98. The van der Waals surface area contributed by atoms with Gasteiger partial charge in [-0.05, 0) is 12.5 Å². The summed E-state index contributed by atoms with van der Waals surface area (Å²) in [5.41, 5.74) is 3.27. The Kier molecular flexibility index (Phi) is 3.13. The first-order chi connectivity index (χ1) is 4.45. The predicted molar refractivity (Wildman–Crippen MR) is 42.3 cm³/mol. The minimum Gasteiger partial charge on any atom is -0.224 e. The molecule has 0 heterocycles. The largest absolute Gasteiger partial charge is 0.224 e. The van der Waals surface area contributed by atoms with E-state index in [1.807, 2.05) is 0 Å². The molecule has 3 heteroatoms. The smallest absolute Gasteiger partial charge is 0.175 e. The molecule has 0 saturated carbocycles. The number of rotatable bonds is 2. The first-order valence-electron chi connectivity index (χ1n) is 2.71. The Labute approximate surface area is 61.5 Å². The van der Waals surface area contributed by atoms with Crippen molar-refractivity contribution in [3.8, 4) is 0 Å². The summed E-state index contributed by atoms with van der Waals surface area (Å²) >= 11 is 0. The van der Waals surface area contributed by atoms with Crippen LogP contribution in [0, 0.1) is 0 Å². The second kappa shape index (κ2) is 3.40. The third kappa shape index (κ3) is 5.35. The van der Waals surface area contributed by atoms with Gasteiger partial charge >= 0.3 is 0 Å². The van der Waals surface area contributed by atoms with Gasteiger partial charge in [0.2, 0.25) is 0 Å². The Morgan fingerprint density at radius 1 is 1.60 bits per heavy atom. The highest BCUT2D eigenvalue weighted by molar-refractivity contribution is 7.93. The van der Waals surface area contributed by atoms with Crippen LogP contribution in [0.5, 0.6) is 0 Å². The van der Waals surface area contributed by atoms with E-state index in [4.69, 9.17) is 0 Å². The molecule has 0 aliphatic rings. The first kappa shape index (κ1) is 9.21. The molecule has 0 unspecified atom stereocenters. The zero-order chi connectivity index (χ0) is 8.20. The van der Waals surface area contributed by atoms with E-state index in [1.54, 1.807) is 13.0 Å². The predicted octanol–water partition coefficient (Wildman–Crippen LogP) is 1.28. The summed E-state index contributed by atoms with van der Waals surface area (Å²) in [7, 11) is -3.03. The van der Waals surface area contributed by atoms with Gasteiger partial charge in [0.25, 0.3) is 0 Å². The third-order valence-electron chi connectivity index (χ3n) is 0.807. The number of allylic oxidation sites excluding steroid dienone is 2. The molecule has 0 radical (unpaired) electrons. The summed E-state index contributed by atoms with van der Waals surface area (Å²) < 4.78 is 21.0. The van der Waals surface area contributed by atoms with Gasteiger partial charge in [0.1, 0.15) is 0 Å². The maximum atomic E-state index is 10.5. The third-order valence-corrected chi connectivity index (χ3v) is 1.35. The molecule has 56 valence electrons. The van der Waals surface area contributed by atoms with Crippen molar-refractivity contribution >= 4 is 9.84 Å². The van der Waals surface area contributed by atoms with Gasteiger partial charge in [-0.15, -0.1) is 5.73 Å². The van der Waals surface area contributed by atoms with Crippen LogP contribution in [-0.4, -0.2) is 14.7 Å². The van der Waals surface area contributed by atoms with Crippen LogP contribution in [0.15, 0.2) is 29.4 Å². The maximum absolute atomic E-state index is 10.5. The zero-order valence-electron chi connectivity index (χ0n) is 6.09. The van der Waals surface area contributed by atoms with Gasteiger partial charge in [-0.25, -0.2) is 8.42 Å². The highest BCUT2D eigenvalue weighted by Crippen LogP contribution is 1.90. The molecule has 0 aromatic rings. The standard InChI is InChI=1S/C7H10O2S/c1-4-7(2)5-6-10(3,8)9/h4,6H,1H2,2-3H3. The van der Waals surface area contributed by atoms with E-state index < -0.39 is 9.84 Å². The molecule has 0 bridgehead atoms. The molecule has 0 atom stereocenters. The van der Waals surface area contributed by atoms with E-state index >= 15 is 0 Å². The molecule has 0 rings (SSSR count). The molecule has 0 aliphatic heterocycles. The van der Waals surface area contributed by atoms with Crippen LogP contribution in [0.2, 0.25) is 0 Å². The Balaban J connectivity index is 4.72. The van der Waals surface area contributed by atoms with E-state index in [2.05, 4.69) is 12.3 Å². The highest BCUT2D eigenvalue weighted by atomic mass is 32.2. The highest BCUT2D eigenvalue weighted by Gasteiger charge is 1.89. The summed E-state index contributed by atoms with van der Waals surface area (Å²) in [4.78, 5) is 0. The molecule has 0 aromatic carbocycles. The molecular formula is C7H10O2S. The van der Waals surface area contributed by atoms with Gasteiger partial charge < -0.3 is 0 Å².